The van der Waals surface area contributed by atoms with Crippen molar-refractivity contribution >= 4 is 12.6 Å². The Hall–Kier alpha value is -0.700. The number of hydrogen-bond acceptors (Lipinski definition) is 3. The molecule has 0 bridgehead atoms. The lowest BCUT2D eigenvalue weighted by Gasteiger charge is -2.07. The summed E-state index contributed by atoms with van der Waals surface area (Å²) in [6, 6.07) is -0.674. The molecule has 9 heavy (non-hydrogen) atoms. The average molecular weight is 128 g/mol. The van der Waals surface area contributed by atoms with E-state index in [2.05, 4.69) is 0 Å². The Morgan fingerprint density at radius 2 is 2.33 bits per heavy atom. The van der Waals surface area contributed by atoms with Crippen LogP contribution in [0.5, 0.6) is 0 Å². The molecule has 2 atom stereocenters. The number of carbonyl (C=O) groups excluding carboxylic acids is 2. The molecule has 0 aromatic rings. The molecule has 0 aromatic carbocycles. The Bertz CT molecular complexity index is 103. The Kier molecular flexibility index (Phi) is 3.88. The monoisotopic (exact) mass is 128 g/mol. The molecular formula is C6H10NO2. The van der Waals surface area contributed by atoms with Gasteiger partial charge in [-0.3, -0.25) is 4.79 Å². The normalized spacial score (nSPS) is 16.2. The van der Waals surface area contributed by atoms with Crippen LogP contribution in [0.25, 0.3) is 0 Å². The molecular weight excluding hydrogens is 118 g/mol. The molecule has 3 nitrogen and oxygen atoms in total. The maximum atomic E-state index is 9.97. The summed E-state index contributed by atoms with van der Waals surface area (Å²) in [5, 5.41) is 0. The lowest BCUT2D eigenvalue weighted by Crippen LogP contribution is -2.31. The van der Waals surface area contributed by atoms with Gasteiger partial charge < -0.3 is 10.5 Å². The lowest BCUT2D eigenvalue weighted by molar-refractivity contribution is -0.109. The maximum Gasteiger partial charge on any atom is 0.203 e. The summed E-state index contributed by atoms with van der Waals surface area (Å²) in [5.74, 6) is -0.428. The predicted octanol–water partition coefficient (Wildman–Crippen LogP) is -0.352. The predicted molar refractivity (Wildman–Crippen MR) is 33.5 cm³/mol. The number of hydrogen-bond donors (Lipinski definition) is 1. The Balaban J connectivity index is 3.77. The van der Waals surface area contributed by atoms with E-state index in [1.165, 1.54) is 0 Å². The highest BCUT2D eigenvalue weighted by molar-refractivity contribution is 5.67. The van der Waals surface area contributed by atoms with Crippen molar-refractivity contribution in [3.05, 3.63) is 0 Å². The van der Waals surface area contributed by atoms with Crippen molar-refractivity contribution in [2.24, 2.45) is 11.7 Å². The van der Waals surface area contributed by atoms with Crippen LogP contribution >= 0.6 is 0 Å². The molecule has 0 aliphatic heterocycles. The van der Waals surface area contributed by atoms with Gasteiger partial charge in [0.25, 0.3) is 0 Å². The first-order valence-electron chi connectivity index (χ1n) is 2.84. The van der Waals surface area contributed by atoms with Crippen LogP contribution in [-0.4, -0.2) is 18.6 Å². The minimum absolute atomic E-state index is 0.428. The van der Waals surface area contributed by atoms with Crippen LogP contribution in [0.15, 0.2) is 0 Å². The van der Waals surface area contributed by atoms with Gasteiger partial charge in [-0.25, -0.2) is 0 Å². The summed E-state index contributed by atoms with van der Waals surface area (Å²) in [7, 11) is 0. The van der Waals surface area contributed by atoms with Gasteiger partial charge >= 0.3 is 0 Å². The van der Waals surface area contributed by atoms with Crippen LogP contribution in [-0.2, 0) is 9.59 Å². The minimum atomic E-state index is -0.674. The third-order valence-corrected chi connectivity index (χ3v) is 1.21. The van der Waals surface area contributed by atoms with E-state index in [1.54, 1.807) is 13.2 Å². The van der Waals surface area contributed by atoms with Crippen molar-refractivity contribution in [1.29, 1.82) is 0 Å². The van der Waals surface area contributed by atoms with Crippen molar-refractivity contribution < 1.29 is 9.59 Å². The Morgan fingerprint density at radius 1 is 1.78 bits per heavy atom. The molecule has 3 heteroatoms. The first-order valence-corrected chi connectivity index (χ1v) is 2.84. The minimum Gasteiger partial charge on any atom is -0.321 e. The summed E-state index contributed by atoms with van der Waals surface area (Å²) in [6.07, 6.45) is 2.84. The maximum absolute atomic E-state index is 9.97. The molecule has 0 rings (SSSR count). The summed E-state index contributed by atoms with van der Waals surface area (Å²) >= 11 is 0. The molecule has 1 radical (unpaired) electrons. The zero-order chi connectivity index (χ0) is 7.28. The molecule has 0 saturated heterocycles. The van der Waals surface area contributed by atoms with Gasteiger partial charge in [-0.1, -0.05) is 6.92 Å². The molecule has 0 aliphatic rings. The van der Waals surface area contributed by atoms with Gasteiger partial charge in [-0.05, 0) is 6.42 Å². The highest BCUT2D eigenvalue weighted by Gasteiger charge is 2.13. The molecule has 51 valence electrons. The van der Waals surface area contributed by atoms with Crippen molar-refractivity contribution in [2.45, 2.75) is 19.4 Å². The Morgan fingerprint density at radius 3 is 2.44 bits per heavy atom. The summed E-state index contributed by atoms with van der Waals surface area (Å²) < 4.78 is 0. The molecule has 0 heterocycles. The second-order valence-corrected chi connectivity index (χ2v) is 1.85. The highest BCUT2D eigenvalue weighted by atomic mass is 16.1. The van der Waals surface area contributed by atoms with Gasteiger partial charge in [0.1, 0.15) is 6.29 Å². The smallest absolute Gasteiger partial charge is 0.203 e. The standard InChI is InChI=1S/C6H10NO2/c1-2-5(3-8)6(7)4-9/h4-6H,2,7H2,1H3. The fraction of sp³-hybridized carbons (Fsp3) is 0.667. The van der Waals surface area contributed by atoms with Crippen LogP contribution in [0, 0.1) is 5.92 Å². The van der Waals surface area contributed by atoms with E-state index in [0.717, 1.165) is 0 Å². The Labute approximate surface area is 54.2 Å². The quantitative estimate of drug-likeness (QED) is 0.526. The van der Waals surface area contributed by atoms with Crippen molar-refractivity contribution in [3.63, 3.8) is 0 Å². The molecule has 2 N–H and O–H groups in total. The summed E-state index contributed by atoms with van der Waals surface area (Å²) in [6.45, 7) is 1.79. The van der Waals surface area contributed by atoms with Gasteiger partial charge in [0.2, 0.25) is 6.29 Å². The first kappa shape index (κ1) is 8.30. The van der Waals surface area contributed by atoms with Gasteiger partial charge in [-0.2, -0.15) is 0 Å². The molecule has 0 amide bonds. The molecule has 0 aromatic heterocycles. The fourth-order valence-electron chi connectivity index (χ4n) is 0.529. The van der Waals surface area contributed by atoms with E-state index < -0.39 is 12.0 Å². The zero-order valence-electron chi connectivity index (χ0n) is 5.33. The van der Waals surface area contributed by atoms with E-state index >= 15 is 0 Å². The summed E-state index contributed by atoms with van der Waals surface area (Å²) in [4.78, 5) is 19.9. The molecule has 0 spiro atoms. The fourth-order valence-corrected chi connectivity index (χ4v) is 0.529. The topological polar surface area (TPSA) is 60.2 Å². The van der Waals surface area contributed by atoms with Crippen LogP contribution in [0.4, 0.5) is 0 Å². The van der Waals surface area contributed by atoms with Crippen LogP contribution < -0.4 is 5.73 Å². The number of nitrogens with two attached hydrogens (primary N) is 1. The van der Waals surface area contributed by atoms with Gasteiger partial charge in [0.05, 0.1) is 6.04 Å². The number of aldehydes is 1. The summed E-state index contributed by atoms with van der Waals surface area (Å²) in [5.41, 5.74) is 5.21. The molecule has 0 aliphatic carbocycles. The molecule has 0 saturated carbocycles. The van der Waals surface area contributed by atoms with Crippen molar-refractivity contribution in [1.82, 2.24) is 0 Å². The van der Waals surface area contributed by atoms with Crippen LogP contribution in [0.3, 0.4) is 0 Å². The van der Waals surface area contributed by atoms with E-state index in [9.17, 15) is 9.59 Å². The lowest BCUT2D eigenvalue weighted by atomic mass is 10.0. The van der Waals surface area contributed by atoms with Gasteiger partial charge in [-0.15, -0.1) is 0 Å². The largest absolute Gasteiger partial charge is 0.321 e. The van der Waals surface area contributed by atoms with Crippen LogP contribution in [0.1, 0.15) is 13.3 Å². The molecule has 0 fully saturated rings. The van der Waals surface area contributed by atoms with Crippen molar-refractivity contribution in [2.75, 3.05) is 0 Å². The molecule has 2 unspecified atom stereocenters. The van der Waals surface area contributed by atoms with E-state index in [4.69, 9.17) is 5.73 Å². The highest BCUT2D eigenvalue weighted by Crippen LogP contribution is 1.99. The van der Waals surface area contributed by atoms with E-state index in [-0.39, 0.29) is 0 Å². The zero-order valence-corrected chi connectivity index (χ0v) is 5.33. The SMILES string of the molecule is CCC([C]=O)C(N)C=O. The van der Waals surface area contributed by atoms with Crippen LogP contribution in [0.2, 0.25) is 0 Å². The van der Waals surface area contributed by atoms with Gasteiger partial charge in [0, 0.05) is 5.92 Å². The number of carbonyl (C=O) groups is 1. The van der Waals surface area contributed by atoms with Crippen molar-refractivity contribution in [3.8, 4) is 0 Å². The third-order valence-electron chi connectivity index (χ3n) is 1.21. The number of rotatable bonds is 4. The van der Waals surface area contributed by atoms with E-state index in [1.807, 2.05) is 0 Å². The first-order chi connectivity index (χ1) is 4.26. The second kappa shape index (κ2) is 4.21. The average Bonchev–Trinajstić information content (AvgIpc) is 1.90. The third kappa shape index (κ3) is 2.37. The second-order valence-electron chi connectivity index (χ2n) is 1.85. The van der Waals surface area contributed by atoms with E-state index in [0.29, 0.717) is 12.7 Å². The van der Waals surface area contributed by atoms with Gasteiger partial charge in [0.15, 0.2) is 0 Å².